The fourth-order valence-corrected chi connectivity index (χ4v) is 7.01. The Morgan fingerprint density at radius 3 is 2.77 bits per heavy atom. The monoisotopic (exact) mass is 362 g/mol. The zero-order valence-electron chi connectivity index (χ0n) is 15.3. The zero-order chi connectivity index (χ0) is 18.9. The van der Waals surface area contributed by atoms with Crippen LogP contribution in [0.2, 0.25) is 0 Å². The molecule has 0 amide bonds. The van der Waals surface area contributed by atoms with Gasteiger partial charge in [0.05, 0.1) is 18.9 Å². The molecule has 4 aliphatic rings. The lowest BCUT2D eigenvalue weighted by molar-refractivity contribution is -0.162. The molecule has 3 aliphatic carbocycles. The van der Waals surface area contributed by atoms with Gasteiger partial charge in [-0.2, -0.15) is 0 Å². The molecular formula is C20H26O6. The molecule has 26 heavy (non-hydrogen) atoms. The van der Waals surface area contributed by atoms with Crippen LogP contribution in [0.4, 0.5) is 0 Å². The molecule has 1 unspecified atom stereocenters. The Morgan fingerprint density at radius 2 is 2.12 bits per heavy atom. The molecule has 142 valence electrons. The first-order valence-electron chi connectivity index (χ1n) is 9.47. The number of carboxylic acids is 1. The number of esters is 2. The third-order valence-electron chi connectivity index (χ3n) is 7.78. The summed E-state index contributed by atoms with van der Waals surface area (Å²) in [6.45, 7) is 6.05. The van der Waals surface area contributed by atoms with Gasteiger partial charge in [0.2, 0.25) is 0 Å². The summed E-state index contributed by atoms with van der Waals surface area (Å²) in [7, 11) is 1.39. The SMILES string of the molecule is C=C1C[C@]23C[C@H]1CC[C@H]2[C@@]1(CCC(=O)O)OC(=O)C(C)[C@H]1[C@@H]3C(=O)OC. The van der Waals surface area contributed by atoms with E-state index in [9.17, 15) is 19.5 Å². The molecule has 1 N–H and O–H groups in total. The lowest BCUT2D eigenvalue weighted by atomic mass is 9.63. The van der Waals surface area contributed by atoms with Crippen LogP contribution in [0, 0.1) is 35.0 Å². The van der Waals surface area contributed by atoms with Gasteiger partial charge in [0, 0.05) is 18.3 Å². The van der Waals surface area contributed by atoms with E-state index < -0.39 is 23.4 Å². The van der Waals surface area contributed by atoms with Crippen LogP contribution in [0.1, 0.15) is 45.4 Å². The van der Waals surface area contributed by atoms with Crippen LogP contribution >= 0.6 is 0 Å². The number of hydrogen-bond donors (Lipinski definition) is 1. The summed E-state index contributed by atoms with van der Waals surface area (Å²) in [6, 6.07) is 0. The van der Waals surface area contributed by atoms with Crippen LogP contribution < -0.4 is 0 Å². The van der Waals surface area contributed by atoms with Crippen molar-refractivity contribution in [3.8, 4) is 0 Å². The highest BCUT2D eigenvalue weighted by Gasteiger charge is 2.77. The van der Waals surface area contributed by atoms with Gasteiger partial charge in [-0.1, -0.05) is 19.1 Å². The zero-order valence-corrected chi connectivity index (χ0v) is 15.3. The summed E-state index contributed by atoms with van der Waals surface area (Å²) >= 11 is 0. The lowest BCUT2D eigenvalue weighted by Crippen LogP contribution is -2.44. The van der Waals surface area contributed by atoms with Crippen molar-refractivity contribution < 1.29 is 29.0 Å². The predicted octanol–water partition coefficient (Wildman–Crippen LogP) is 2.56. The number of carboxylic acid groups (broad SMARTS) is 1. The smallest absolute Gasteiger partial charge is 0.309 e. The summed E-state index contributed by atoms with van der Waals surface area (Å²) in [5, 5.41) is 9.27. The number of methoxy groups -OCH3 is 1. The van der Waals surface area contributed by atoms with E-state index in [1.807, 2.05) is 0 Å². The van der Waals surface area contributed by atoms with Crippen LogP contribution in [0.3, 0.4) is 0 Å². The molecule has 4 fully saturated rings. The van der Waals surface area contributed by atoms with Crippen molar-refractivity contribution in [2.45, 2.75) is 51.0 Å². The van der Waals surface area contributed by atoms with Crippen LogP contribution in [0.25, 0.3) is 0 Å². The third-order valence-corrected chi connectivity index (χ3v) is 7.78. The Balaban J connectivity index is 1.86. The van der Waals surface area contributed by atoms with E-state index in [0.717, 1.165) is 25.7 Å². The number of rotatable bonds is 4. The Labute approximate surface area is 152 Å². The van der Waals surface area contributed by atoms with Crippen molar-refractivity contribution in [2.24, 2.45) is 35.0 Å². The molecular weight excluding hydrogens is 336 g/mol. The molecule has 6 heteroatoms. The van der Waals surface area contributed by atoms with E-state index in [1.165, 1.54) is 12.7 Å². The van der Waals surface area contributed by atoms with E-state index in [2.05, 4.69) is 6.58 Å². The summed E-state index contributed by atoms with van der Waals surface area (Å²) in [4.78, 5) is 36.7. The molecule has 2 bridgehead atoms. The van der Waals surface area contributed by atoms with Crippen molar-refractivity contribution in [3.05, 3.63) is 12.2 Å². The molecule has 0 radical (unpaired) electrons. The molecule has 1 saturated heterocycles. The first kappa shape index (κ1) is 17.6. The predicted molar refractivity (Wildman–Crippen MR) is 90.9 cm³/mol. The normalized spacial score (nSPS) is 45.8. The Hall–Kier alpha value is -1.85. The first-order chi connectivity index (χ1) is 12.3. The molecule has 3 saturated carbocycles. The molecule has 1 heterocycles. The topological polar surface area (TPSA) is 89.9 Å². The molecule has 4 rings (SSSR count). The van der Waals surface area contributed by atoms with Gasteiger partial charge in [-0.05, 0) is 43.4 Å². The Morgan fingerprint density at radius 1 is 1.38 bits per heavy atom. The lowest BCUT2D eigenvalue weighted by Gasteiger charge is -2.43. The fraction of sp³-hybridized carbons (Fsp3) is 0.750. The number of fused-ring (bicyclic) bond motifs is 3. The number of hydrogen-bond acceptors (Lipinski definition) is 5. The number of aliphatic carboxylic acids is 1. The molecule has 1 spiro atoms. The highest BCUT2D eigenvalue weighted by Crippen LogP contribution is 2.74. The van der Waals surface area contributed by atoms with Crippen molar-refractivity contribution in [1.82, 2.24) is 0 Å². The second kappa shape index (κ2) is 5.57. The second-order valence-electron chi connectivity index (χ2n) is 8.68. The van der Waals surface area contributed by atoms with Gasteiger partial charge in [0.1, 0.15) is 5.60 Å². The van der Waals surface area contributed by atoms with Gasteiger partial charge >= 0.3 is 17.9 Å². The number of allylic oxidation sites excluding steroid dienone is 1. The molecule has 6 nitrogen and oxygen atoms in total. The summed E-state index contributed by atoms with van der Waals surface area (Å²) in [5.41, 5.74) is -0.0112. The van der Waals surface area contributed by atoms with Crippen molar-refractivity contribution in [3.63, 3.8) is 0 Å². The Kier molecular flexibility index (Phi) is 3.76. The van der Waals surface area contributed by atoms with Crippen molar-refractivity contribution in [1.29, 1.82) is 0 Å². The molecule has 0 aromatic carbocycles. The molecule has 0 aromatic heterocycles. The van der Waals surface area contributed by atoms with E-state index >= 15 is 0 Å². The summed E-state index contributed by atoms with van der Waals surface area (Å²) < 4.78 is 11.1. The van der Waals surface area contributed by atoms with Crippen LogP contribution in [-0.4, -0.2) is 35.7 Å². The average molecular weight is 362 g/mol. The van der Waals surface area contributed by atoms with E-state index in [4.69, 9.17) is 9.47 Å². The maximum absolute atomic E-state index is 12.9. The summed E-state index contributed by atoms with van der Waals surface area (Å²) in [5.74, 6) is -2.31. The van der Waals surface area contributed by atoms with E-state index in [1.54, 1.807) is 6.92 Å². The minimum absolute atomic E-state index is 0.00662. The number of carbonyl (C=O) groups excluding carboxylic acids is 2. The molecule has 1 aliphatic heterocycles. The summed E-state index contributed by atoms with van der Waals surface area (Å²) in [6.07, 6.45) is 3.62. The third kappa shape index (κ3) is 2.01. The van der Waals surface area contributed by atoms with Crippen molar-refractivity contribution in [2.75, 3.05) is 7.11 Å². The van der Waals surface area contributed by atoms with Gasteiger partial charge in [0.15, 0.2) is 0 Å². The van der Waals surface area contributed by atoms with Gasteiger partial charge in [-0.15, -0.1) is 0 Å². The number of carbonyl (C=O) groups is 3. The minimum atomic E-state index is -0.909. The van der Waals surface area contributed by atoms with Gasteiger partial charge in [-0.25, -0.2) is 0 Å². The van der Waals surface area contributed by atoms with Gasteiger partial charge < -0.3 is 14.6 Å². The second-order valence-corrected chi connectivity index (χ2v) is 8.68. The molecule has 0 aromatic rings. The van der Waals surface area contributed by atoms with Gasteiger partial charge in [-0.3, -0.25) is 14.4 Å². The highest BCUT2D eigenvalue weighted by molar-refractivity contribution is 5.82. The number of ether oxygens (including phenoxy) is 2. The Bertz CT molecular complexity index is 698. The highest BCUT2D eigenvalue weighted by atomic mass is 16.6. The maximum Gasteiger partial charge on any atom is 0.309 e. The molecule has 7 atom stereocenters. The quantitative estimate of drug-likeness (QED) is 0.611. The minimum Gasteiger partial charge on any atom is -0.481 e. The van der Waals surface area contributed by atoms with Crippen molar-refractivity contribution >= 4 is 17.9 Å². The fourth-order valence-electron chi connectivity index (χ4n) is 7.01. The van der Waals surface area contributed by atoms with E-state index in [-0.39, 0.29) is 42.0 Å². The maximum atomic E-state index is 12.9. The van der Waals surface area contributed by atoms with E-state index in [0.29, 0.717) is 5.92 Å². The van der Waals surface area contributed by atoms with Crippen LogP contribution in [-0.2, 0) is 23.9 Å². The van der Waals surface area contributed by atoms with Gasteiger partial charge in [0.25, 0.3) is 0 Å². The largest absolute Gasteiger partial charge is 0.481 e. The average Bonchev–Trinajstić information content (AvgIpc) is 3.09. The first-order valence-corrected chi connectivity index (χ1v) is 9.47. The van der Waals surface area contributed by atoms with Crippen LogP contribution in [0.15, 0.2) is 12.2 Å². The van der Waals surface area contributed by atoms with Crippen LogP contribution in [0.5, 0.6) is 0 Å². The standard InChI is InChI=1S/C20H26O6/c1-10-8-19-9-12(10)4-5-13(19)20(7-6-14(21)22)15(11(2)17(23)26-20)16(19)18(24)25-3/h11-13,15-16H,1,4-9H2,2-3H3,(H,21,22)/t11?,12-,13-,15+,16-,19+,20-/m1/s1.